The number of nitrogens with zero attached hydrogens (tertiary/aromatic N) is 1. The molecule has 0 aliphatic carbocycles. The van der Waals surface area contributed by atoms with E-state index < -0.39 is 0 Å². The molecular formula is C22H22N2O. The lowest BCUT2D eigenvalue weighted by molar-refractivity contribution is 0.0942. The molecule has 0 saturated heterocycles. The molecule has 0 aliphatic heterocycles. The summed E-state index contributed by atoms with van der Waals surface area (Å²) < 4.78 is 0. The lowest BCUT2D eigenvalue weighted by atomic mass is 9.95. The summed E-state index contributed by atoms with van der Waals surface area (Å²) in [7, 11) is 0. The van der Waals surface area contributed by atoms with E-state index in [1.807, 2.05) is 43.3 Å². The first-order valence-corrected chi connectivity index (χ1v) is 8.40. The van der Waals surface area contributed by atoms with Gasteiger partial charge in [0.1, 0.15) is 0 Å². The van der Waals surface area contributed by atoms with Crippen LogP contribution in [0.4, 0.5) is 0 Å². The number of amides is 1. The van der Waals surface area contributed by atoms with Crippen molar-refractivity contribution in [1.82, 2.24) is 10.3 Å². The normalized spacial score (nSPS) is 11.8. The number of aromatic nitrogens is 1. The molecule has 3 rings (SSSR count). The first-order chi connectivity index (χ1) is 12.0. The van der Waals surface area contributed by atoms with E-state index in [-0.39, 0.29) is 11.9 Å². The smallest absolute Gasteiger partial charge is 0.253 e. The first kappa shape index (κ1) is 16.9. The molecule has 1 atom stereocenters. The molecule has 0 aliphatic rings. The summed E-state index contributed by atoms with van der Waals surface area (Å²) in [6.45, 7) is 6.09. The van der Waals surface area contributed by atoms with Gasteiger partial charge in [0.15, 0.2) is 0 Å². The van der Waals surface area contributed by atoms with Gasteiger partial charge >= 0.3 is 0 Å². The molecule has 1 aromatic heterocycles. The zero-order valence-corrected chi connectivity index (χ0v) is 14.8. The maximum Gasteiger partial charge on any atom is 0.253 e. The van der Waals surface area contributed by atoms with Crippen molar-refractivity contribution < 1.29 is 4.79 Å². The zero-order chi connectivity index (χ0) is 17.8. The van der Waals surface area contributed by atoms with Crippen LogP contribution in [0.3, 0.4) is 0 Å². The molecule has 1 N–H and O–H groups in total. The van der Waals surface area contributed by atoms with E-state index in [0.717, 1.165) is 16.8 Å². The molecule has 1 unspecified atom stereocenters. The number of rotatable bonds is 4. The molecule has 1 amide bonds. The fraction of sp³-hybridized carbons (Fsp3) is 0.182. The average molecular weight is 330 g/mol. The number of aryl methyl sites for hydroxylation is 3. The predicted molar refractivity (Wildman–Crippen MR) is 101 cm³/mol. The topological polar surface area (TPSA) is 42.0 Å². The molecular weight excluding hydrogens is 308 g/mol. The summed E-state index contributed by atoms with van der Waals surface area (Å²) in [5.41, 5.74) is 6.04. The highest BCUT2D eigenvalue weighted by atomic mass is 16.1. The Bertz CT molecular complexity index is 870. The number of carbonyl (C=O) groups is 1. The number of carbonyl (C=O) groups excluding carboxylic acids is 1. The Balaban J connectivity index is 1.95. The van der Waals surface area contributed by atoms with Gasteiger partial charge in [-0.3, -0.25) is 9.78 Å². The van der Waals surface area contributed by atoms with Gasteiger partial charge in [0, 0.05) is 11.9 Å². The third-order valence-corrected chi connectivity index (χ3v) is 4.45. The van der Waals surface area contributed by atoms with Gasteiger partial charge in [-0.2, -0.15) is 0 Å². The molecule has 0 fully saturated rings. The number of hydrogen-bond acceptors (Lipinski definition) is 2. The van der Waals surface area contributed by atoms with Gasteiger partial charge in [0.2, 0.25) is 0 Å². The van der Waals surface area contributed by atoms with Gasteiger partial charge in [0.05, 0.1) is 11.6 Å². The maximum absolute atomic E-state index is 12.7. The Morgan fingerprint density at radius 3 is 2.28 bits per heavy atom. The van der Waals surface area contributed by atoms with Crippen molar-refractivity contribution in [1.29, 1.82) is 0 Å². The molecule has 0 spiro atoms. The third kappa shape index (κ3) is 3.94. The van der Waals surface area contributed by atoms with E-state index in [2.05, 4.69) is 42.3 Å². The van der Waals surface area contributed by atoms with E-state index in [4.69, 9.17) is 0 Å². The predicted octanol–water partition coefficient (Wildman–Crippen LogP) is 4.53. The third-order valence-electron chi connectivity index (χ3n) is 4.45. The second-order valence-electron chi connectivity index (χ2n) is 6.35. The number of benzene rings is 2. The minimum absolute atomic E-state index is 0.125. The fourth-order valence-electron chi connectivity index (χ4n) is 2.77. The Kier molecular flexibility index (Phi) is 4.94. The lowest BCUT2D eigenvalue weighted by Gasteiger charge is -2.21. The van der Waals surface area contributed by atoms with Crippen LogP contribution >= 0.6 is 0 Å². The Labute approximate surface area is 148 Å². The molecule has 3 heteroatoms. The van der Waals surface area contributed by atoms with Crippen LogP contribution in [-0.2, 0) is 0 Å². The van der Waals surface area contributed by atoms with Crippen LogP contribution in [0.15, 0.2) is 66.9 Å². The molecule has 25 heavy (non-hydrogen) atoms. The molecule has 0 saturated carbocycles. The van der Waals surface area contributed by atoms with Crippen molar-refractivity contribution in [3.8, 4) is 0 Å². The monoisotopic (exact) mass is 330 g/mol. The molecule has 3 nitrogen and oxygen atoms in total. The quantitative estimate of drug-likeness (QED) is 0.764. The maximum atomic E-state index is 12.7. The van der Waals surface area contributed by atoms with E-state index in [1.54, 1.807) is 12.3 Å². The highest BCUT2D eigenvalue weighted by Gasteiger charge is 2.18. The van der Waals surface area contributed by atoms with Crippen molar-refractivity contribution in [2.45, 2.75) is 26.8 Å². The van der Waals surface area contributed by atoms with Crippen LogP contribution in [-0.4, -0.2) is 10.9 Å². The molecule has 3 aromatic rings. The number of pyridine rings is 1. The molecule has 0 bridgehead atoms. The van der Waals surface area contributed by atoms with E-state index in [0.29, 0.717) is 5.56 Å². The van der Waals surface area contributed by atoms with Gasteiger partial charge in [-0.25, -0.2) is 0 Å². The van der Waals surface area contributed by atoms with Crippen molar-refractivity contribution in [2.24, 2.45) is 0 Å². The molecule has 1 heterocycles. The highest BCUT2D eigenvalue weighted by Crippen LogP contribution is 2.24. The van der Waals surface area contributed by atoms with Crippen LogP contribution < -0.4 is 5.32 Å². The second kappa shape index (κ2) is 7.31. The van der Waals surface area contributed by atoms with E-state index >= 15 is 0 Å². The average Bonchev–Trinajstić information content (AvgIpc) is 2.63. The van der Waals surface area contributed by atoms with Crippen LogP contribution in [0.1, 0.15) is 44.3 Å². The van der Waals surface area contributed by atoms with Crippen molar-refractivity contribution in [3.63, 3.8) is 0 Å². The highest BCUT2D eigenvalue weighted by molar-refractivity contribution is 5.94. The molecule has 0 radical (unpaired) electrons. The van der Waals surface area contributed by atoms with Crippen molar-refractivity contribution in [2.75, 3.05) is 0 Å². The van der Waals surface area contributed by atoms with Gasteiger partial charge in [-0.05, 0) is 55.2 Å². The van der Waals surface area contributed by atoms with Crippen LogP contribution in [0, 0.1) is 20.8 Å². The largest absolute Gasteiger partial charge is 0.341 e. The lowest BCUT2D eigenvalue weighted by Crippen LogP contribution is -2.29. The Morgan fingerprint density at radius 2 is 1.64 bits per heavy atom. The van der Waals surface area contributed by atoms with E-state index in [9.17, 15) is 4.79 Å². The number of hydrogen-bond donors (Lipinski definition) is 1. The standard InChI is InChI=1S/C22H22N2O/c1-15-9-11-19(13-16(15)2)21(18-7-5-4-6-8-18)24-22(25)20-12-10-17(3)23-14-20/h4-14,21H,1-3H3,(H,24,25). The number of nitrogens with one attached hydrogen (secondary N) is 1. The summed E-state index contributed by atoms with van der Waals surface area (Å²) in [5, 5.41) is 3.15. The summed E-state index contributed by atoms with van der Waals surface area (Å²) in [4.78, 5) is 16.9. The summed E-state index contributed by atoms with van der Waals surface area (Å²) in [6, 6.07) is 19.8. The van der Waals surface area contributed by atoms with Crippen LogP contribution in [0.5, 0.6) is 0 Å². The summed E-state index contributed by atoms with van der Waals surface area (Å²) >= 11 is 0. The Morgan fingerprint density at radius 1 is 0.880 bits per heavy atom. The SMILES string of the molecule is Cc1ccc(C(=O)NC(c2ccccc2)c2ccc(C)c(C)c2)cn1. The Hall–Kier alpha value is -2.94. The first-order valence-electron chi connectivity index (χ1n) is 8.40. The summed E-state index contributed by atoms with van der Waals surface area (Å²) in [5.74, 6) is -0.125. The second-order valence-corrected chi connectivity index (χ2v) is 6.35. The molecule has 126 valence electrons. The van der Waals surface area contributed by atoms with Gasteiger partial charge in [-0.1, -0.05) is 48.5 Å². The fourth-order valence-corrected chi connectivity index (χ4v) is 2.77. The van der Waals surface area contributed by atoms with Crippen LogP contribution in [0.25, 0.3) is 0 Å². The minimum atomic E-state index is -0.200. The van der Waals surface area contributed by atoms with Gasteiger partial charge < -0.3 is 5.32 Å². The zero-order valence-electron chi connectivity index (χ0n) is 14.8. The van der Waals surface area contributed by atoms with E-state index in [1.165, 1.54) is 11.1 Å². The summed E-state index contributed by atoms with van der Waals surface area (Å²) in [6.07, 6.45) is 1.62. The van der Waals surface area contributed by atoms with Crippen molar-refractivity contribution >= 4 is 5.91 Å². The van der Waals surface area contributed by atoms with Crippen LogP contribution in [0.2, 0.25) is 0 Å². The minimum Gasteiger partial charge on any atom is -0.341 e. The van der Waals surface area contributed by atoms with Crippen molar-refractivity contribution in [3.05, 3.63) is 100 Å². The molecule has 2 aromatic carbocycles. The van der Waals surface area contributed by atoms with Gasteiger partial charge in [-0.15, -0.1) is 0 Å². The van der Waals surface area contributed by atoms with Gasteiger partial charge in [0.25, 0.3) is 5.91 Å².